The van der Waals surface area contributed by atoms with Gasteiger partial charge in [-0.15, -0.1) is 0 Å². The molecule has 0 bridgehead atoms. The standard InChI is InChI=1S/C34H39FN6O6/c1-46-22-34(45)14-6-5-10-29(34)40-23-36-30(31(40)24-8-3-2-4-9-24)32(42)39-18-17-38(33(43)44)21-26(39)13-19-47-28-12-11-25(20-27(28)35)41-16-7-15-37-41/h2-4,7-9,11-12,15-16,20,23,26,29,45H,5-6,10,13-14,17-19,21-22H2,1H3,(H,43,44)/t26-,29-,34-/m1/s1. The van der Waals surface area contributed by atoms with Crippen molar-refractivity contribution in [1.29, 1.82) is 0 Å². The Morgan fingerprint density at radius 2 is 1.94 bits per heavy atom. The Kier molecular flexibility index (Phi) is 9.55. The molecule has 3 atom stereocenters. The van der Waals surface area contributed by atoms with Gasteiger partial charge in [0.2, 0.25) is 0 Å². The molecule has 13 heteroatoms. The van der Waals surface area contributed by atoms with E-state index in [-0.39, 0.29) is 62.7 Å². The van der Waals surface area contributed by atoms with Crippen LogP contribution in [0.4, 0.5) is 9.18 Å². The minimum atomic E-state index is -1.13. The maximum atomic E-state index is 14.9. The maximum absolute atomic E-state index is 14.9. The molecule has 1 aliphatic heterocycles. The lowest BCUT2D eigenvalue weighted by Gasteiger charge is -2.41. The Balaban J connectivity index is 1.26. The molecule has 248 valence electrons. The van der Waals surface area contributed by atoms with E-state index in [4.69, 9.17) is 9.47 Å². The summed E-state index contributed by atoms with van der Waals surface area (Å²) in [4.78, 5) is 33.9. The summed E-state index contributed by atoms with van der Waals surface area (Å²) in [6, 6.07) is 14.8. The highest BCUT2D eigenvalue weighted by atomic mass is 19.1. The van der Waals surface area contributed by atoms with Gasteiger partial charge in [0.15, 0.2) is 17.3 Å². The quantitative estimate of drug-likeness (QED) is 0.255. The van der Waals surface area contributed by atoms with Crippen LogP contribution in [0.3, 0.4) is 0 Å². The molecule has 2 fully saturated rings. The first kappa shape index (κ1) is 32.2. The van der Waals surface area contributed by atoms with Crippen LogP contribution in [0.25, 0.3) is 16.9 Å². The van der Waals surface area contributed by atoms with E-state index in [2.05, 4.69) is 10.1 Å². The van der Waals surface area contributed by atoms with Crippen molar-refractivity contribution in [3.8, 4) is 22.7 Å². The fraction of sp³-hybridized carbons (Fsp3) is 0.412. The van der Waals surface area contributed by atoms with Gasteiger partial charge in [0.25, 0.3) is 5.91 Å². The van der Waals surface area contributed by atoms with Crippen molar-refractivity contribution in [3.63, 3.8) is 0 Å². The van der Waals surface area contributed by atoms with Crippen LogP contribution >= 0.6 is 0 Å². The lowest BCUT2D eigenvalue weighted by Crippen LogP contribution is -2.56. The second-order valence-corrected chi connectivity index (χ2v) is 12.1. The number of rotatable bonds is 10. The first-order valence-corrected chi connectivity index (χ1v) is 15.8. The Bertz CT molecular complexity index is 1680. The normalized spacial score (nSPS) is 21.5. The van der Waals surface area contributed by atoms with Gasteiger partial charge in [-0.1, -0.05) is 43.2 Å². The maximum Gasteiger partial charge on any atom is 0.407 e. The number of nitrogens with zero attached hydrogens (tertiary/aromatic N) is 6. The van der Waals surface area contributed by atoms with E-state index in [1.165, 1.54) is 21.7 Å². The number of methoxy groups -OCH3 is 1. The summed E-state index contributed by atoms with van der Waals surface area (Å²) in [5.74, 6) is -0.861. The van der Waals surface area contributed by atoms with Gasteiger partial charge in [-0.3, -0.25) is 4.79 Å². The SMILES string of the molecule is COC[C@]1(O)CCCC[C@H]1n1cnc(C(=O)N2CCN(C(=O)O)C[C@H]2CCOc2ccc(-n3cccn3)cc2F)c1-c1ccccc1. The number of benzene rings is 2. The number of aromatic nitrogens is 4. The number of halogens is 1. The number of ether oxygens (including phenoxy) is 2. The Morgan fingerprint density at radius 3 is 2.66 bits per heavy atom. The lowest BCUT2D eigenvalue weighted by molar-refractivity contribution is -0.0893. The smallest absolute Gasteiger partial charge is 0.407 e. The fourth-order valence-corrected chi connectivity index (χ4v) is 6.81. The van der Waals surface area contributed by atoms with Gasteiger partial charge in [0.1, 0.15) is 5.60 Å². The van der Waals surface area contributed by atoms with Crippen LogP contribution < -0.4 is 4.74 Å². The second kappa shape index (κ2) is 13.9. The molecule has 2 aromatic heterocycles. The van der Waals surface area contributed by atoms with E-state index in [1.807, 2.05) is 34.9 Å². The van der Waals surface area contributed by atoms with Crippen molar-refractivity contribution in [2.45, 2.75) is 49.8 Å². The highest BCUT2D eigenvalue weighted by Crippen LogP contribution is 2.41. The number of amides is 2. The number of carbonyl (C=O) groups excluding carboxylic acids is 1. The molecule has 0 radical (unpaired) electrons. The van der Waals surface area contributed by atoms with E-state index >= 15 is 0 Å². The van der Waals surface area contributed by atoms with E-state index in [0.29, 0.717) is 24.2 Å². The van der Waals surface area contributed by atoms with Crippen LogP contribution in [0.1, 0.15) is 48.6 Å². The van der Waals surface area contributed by atoms with Crippen molar-refractivity contribution in [2.75, 3.05) is 40.0 Å². The third kappa shape index (κ3) is 6.72. The molecule has 6 rings (SSSR count). The zero-order valence-electron chi connectivity index (χ0n) is 26.2. The molecule has 2 N–H and O–H groups in total. The fourth-order valence-electron chi connectivity index (χ4n) is 6.81. The van der Waals surface area contributed by atoms with Gasteiger partial charge in [0.05, 0.1) is 43.0 Å². The largest absolute Gasteiger partial charge is 0.490 e. The molecule has 2 aromatic carbocycles. The number of hydrogen-bond donors (Lipinski definition) is 2. The molecule has 4 aromatic rings. The van der Waals surface area contributed by atoms with E-state index in [9.17, 15) is 24.2 Å². The number of carboxylic acid groups (broad SMARTS) is 1. The molecule has 0 unspecified atom stereocenters. The summed E-state index contributed by atoms with van der Waals surface area (Å²) in [5.41, 5.74) is 1.000. The number of carbonyl (C=O) groups is 2. The summed E-state index contributed by atoms with van der Waals surface area (Å²) >= 11 is 0. The first-order valence-electron chi connectivity index (χ1n) is 15.8. The average molecular weight is 647 g/mol. The van der Waals surface area contributed by atoms with Crippen molar-refractivity contribution in [1.82, 2.24) is 29.1 Å². The molecule has 3 heterocycles. The second-order valence-electron chi connectivity index (χ2n) is 12.1. The molecule has 1 saturated heterocycles. The minimum Gasteiger partial charge on any atom is -0.490 e. The summed E-state index contributed by atoms with van der Waals surface area (Å²) in [5, 5.41) is 25.5. The molecule has 0 spiro atoms. The number of piperazine rings is 1. The molecule has 47 heavy (non-hydrogen) atoms. The molecular formula is C34H39FN6O6. The molecule has 2 aliphatic rings. The van der Waals surface area contributed by atoms with Crippen LogP contribution in [-0.2, 0) is 4.74 Å². The summed E-state index contributed by atoms with van der Waals surface area (Å²) in [6.45, 7) is 0.564. The monoisotopic (exact) mass is 646 g/mol. The van der Waals surface area contributed by atoms with E-state index in [0.717, 1.165) is 18.4 Å². The lowest BCUT2D eigenvalue weighted by atomic mass is 9.80. The Morgan fingerprint density at radius 1 is 1.11 bits per heavy atom. The highest BCUT2D eigenvalue weighted by Gasteiger charge is 2.43. The topological polar surface area (TPSA) is 135 Å². The van der Waals surface area contributed by atoms with Crippen LogP contribution in [0, 0.1) is 5.82 Å². The summed E-state index contributed by atoms with van der Waals surface area (Å²) < 4.78 is 29.6. The van der Waals surface area contributed by atoms with Crippen LogP contribution in [0.15, 0.2) is 73.3 Å². The Labute approximate surface area is 271 Å². The van der Waals surface area contributed by atoms with Crippen molar-refractivity contribution >= 4 is 12.0 Å². The van der Waals surface area contributed by atoms with Gasteiger partial charge >= 0.3 is 6.09 Å². The van der Waals surface area contributed by atoms with E-state index in [1.54, 1.807) is 42.9 Å². The van der Waals surface area contributed by atoms with Gasteiger partial charge < -0.3 is 34.1 Å². The van der Waals surface area contributed by atoms with Gasteiger partial charge in [-0.2, -0.15) is 5.10 Å². The average Bonchev–Trinajstić information content (AvgIpc) is 3.77. The van der Waals surface area contributed by atoms with Gasteiger partial charge in [-0.25, -0.2) is 18.9 Å². The van der Waals surface area contributed by atoms with Crippen molar-refractivity contribution < 1.29 is 33.7 Å². The van der Waals surface area contributed by atoms with Crippen LogP contribution in [-0.4, -0.2) is 103 Å². The minimum absolute atomic E-state index is 0.0471. The number of aliphatic hydroxyl groups is 1. The Hall–Kier alpha value is -4.75. The van der Waals surface area contributed by atoms with Gasteiger partial charge in [0, 0.05) is 57.2 Å². The summed E-state index contributed by atoms with van der Waals surface area (Å²) in [6.07, 6.45) is 7.15. The number of imidazole rings is 1. The predicted molar refractivity (Wildman–Crippen MR) is 170 cm³/mol. The molecular weight excluding hydrogens is 607 g/mol. The van der Waals surface area contributed by atoms with E-state index < -0.39 is 23.6 Å². The molecule has 2 amide bonds. The zero-order valence-corrected chi connectivity index (χ0v) is 26.2. The van der Waals surface area contributed by atoms with Crippen LogP contribution in [0.2, 0.25) is 0 Å². The third-order valence-corrected chi connectivity index (χ3v) is 9.14. The van der Waals surface area contributed by atoms with Gasteiger partial charge in [-0.05, 0) is 31.0 Å². The highest BCUT2D eigenvalue weighted by molar-refractivity contribution is 5.98. The third-order valence-electron chi connectivity index (χ3n) is 9.14. The first-order chi connectivity index (χ1) is 22.8. The van der Waals surface area contributed by atoms with Crippen molar-refractivity contribution in [3.05, 3.63) is 84.8 Å². The predicted octanol–water partition coefficient (Wildman–Crippen LogP) is 4.64. The summed E-state index contributed by atoms with van der Waals surface area (Å²) in [7, 11) is 1.57. The molecule has 1 saturated carbocycles. The zero-order chi connectivity index (χ0) is 33.0. The molecule has 1 aliphatic carbocycles. The molecule has 12 nitrogen and oxygen atoms in total. The number of hydrogen-bond acceptors (Lipinski definition) is 7. The van der Waals surface area contributed by atoms with Crippen LogP contribution in [0.5, 0.6) is 5.75 Å². The van der Waals surface area contributed by atoms with Crippen molar-refractivity contribution in [2.24, 2.45) is 0 Å².